The molecule has 1 aromatic rings. The van der Waals surface area contributed by atoms with Crippen molar-refractivity contribution in [1.82, 2.24) is 10.2 Å². The van der Waals surface area contributed by atoms with E-state index < -0.39 is 12.0 Å². The minimum Gasteiger partial charge on any atom is -0.480 e. The minimum atomic E-state index is -0.941. The van der Waals surface area contributed by atoms with E-state index in [0.29, 0.717) is 19.3 Å². The lowest BCUT2D eigenvalue weighted by Gasteiger charge is -2.33. The number of carboxylic acids is 1. The van der Waals surface area contributed by atoms with E-state index in [1.54, 1.807) is 0 Å². The third-order valence-corrected chi connectivity index (χ3v) is 5.86. The predicted octanol–water partition coefficient (Wildman–Crippen LogP) is 2.29. The molecule has 6 nitrogen and oxygen atoms in total. The highest BCUT2D eigenvalue weighted by molar-refractivity contribution is 5.88. The van der Waals surface area contributed by atoms with Crippen molar-refractivity contribution >= 4 is 17.8 Å². The quantitative estimate of drug-likeness (QED) is 0.802. The van der Waals surface area contributed by atoms with Gasteiger partial charge in [0, 0.05) is 12.5 Å². The van der Waals surface area contributed by atoms with E-state index in [1.807, 2.05) is 31.2 Å². The number of carboxylic acid groups (broad SMARTS) is 1. The summed E-state index contributed by atoms with van der Waals surface area (Å²) >= 11 is 0. The molecule has 1 heterocycles. The molecule has 27 heavy (non-hydrogen) atoms. The molecule has 2 fully saturated rings. The van der Waals surface area contributed by atoms with Gasteiger partial charge in [0.25, 0.3) is 0 Å². The van der Waals surface area contributed by atoms with Crippen LogP contribution in [0.1, 0.15) is 49.7 Å². The summed E-state index contributed by atoms with van der Waals surface area (Å²) in [6.45, 7) is 1.89. The van der Waals surface area contributed by atoms with Crippen LogP contribution in [0.25, 0.3) is 0 Å². The molecule has 3 rings (SSSR count). The van der Waals surface area contributed by atoms with Crippen LogP contribution in [-0.2, 0) is 20.8 Å². The largest absolute Gasteiger partial charge is 0.480 e. The normalized spacial score (nSPS) is 24.3. The number of aryl methyl sites for hydroxylation is 2. The molecular weight excluding hydrogens is 344 g/mol. The first kappa shape index (κ1) is 19.4. The predicted molar refractivity (Wildman–Crippen MR) is 101 cm³/mol. The molecule has 1 saturated heterocycles. The molecule has 1 saturated carbocycles. The van der Waals surface area contributed by atoms with Gasteiger partial charge >= 0.3 is 5.97 Å². The van der Waals surface area contributed by atoms with Crippen LogP contribution in [0.5, 0.6) is 0 Å². The topological polar surface area (TPSA) is 86.7 Å². The van der Waals surface area contributed by atoms with Gasteiger partial charge in [-0.25, -0.2) is 4.79 Å². The van der Waals surface area contributed by atoms with Crippen molar-refractivity contribution in [2.45, 2.75) is 64.0 Å². The third kappa shape index (κ3) is 4.67. The number of likely N-dealkylation sites (tertiary alicyclic amines) is 1. The van der Waals surface area contributed by atoms with E-state index in [4.69, 9.17) is 0 Å². The second-order valence-electron chi connectivity index (χ2n) is 7.76. The molecule has 1 aliphatic heterocycles. The molecule has 3 unspecified atom stereocenters. The van der Waals surface area contributed by atoms with Gasteiger partial charge in [0.1, 0.15) is 6.04 Å². The first-order chi connectivity index (χ1) is 13.0. The number of carbonyl (C=O) groups excluding carboxylic acids is 2. The van der Waals surface area contributed by atoms with Crippen molar-refractivity contribution in [3.05, 3.63) is 35.4 Å². The highest BCUT2D eigenvalue weighted by Crippen LogP contribution is 2.39. The maximum atomic E-state index is 12.7. The number of nitrogens with one attached hydrogen (secondary N) is 1. The van der Waals surface area contributed by atoms with E-state index in [0.717, 1.165) is 31.2 Å². The molecule has 0 spiro atoms. The summed E-state index contributed by atoms with van der Waals surface area (Å²) in [7, 11) is 0. The van der Waals surface area contributed by atoms with Crippen molar-refractivity contribution < 1.29 is 19.5 Å². The Kier molecular flexibility index (Phi) is 6.14. The highest BCUT2D eigenvalue weighted by Gasteiger charge is 2.47. The van der Waals surface area contributed by atoms with Crippen molar-refractivity contribution in [2.24, 2.45) is 5.92 Å². The molecule has 0 radical (unpaired) electrons. The highest BCUT2D eigenvalue weighted by atomic mass is 16.4. The molecule has 0 aromatic heterocycles. The molecule has 6 heteroatoms. The van der Waals surface area contributed by atoms with Gasteiger partial charge in [-0.05, 0) is 44.1 Å². The summed E-state index contributed by atoms with van der Waals surface area (Å²) in [4.78, 5) is 37.9. The van der Waals surface area contributed by atoms with Crippen LogP contribution in [0.2, 0.25) is 0 Å². The molecule has 2 aliphatic rings. The van der Waals surface area contributed by atoms with Crippen LogP contribution in [0, 0.1) is 12.8 Å². The first-order valence-corrected chi connectivity index (χ1v) is 9.82. The van der Waals surface area contributed by atoms with Gasteiger partial charge in [-0.1, -0.05) is 42.7 Å². The summed E-state index contributed by atoms with van der Waals surface area (Å²) in [5.74, 6) is -1.12. The minimum absolute atomic E-state index is 0.0109. The molecule has 1 aliphatic carbocycles. The fraction of sp³-hybridized carbons (Fsp3) is 0.571. The van der Waals surface area contributed by atoms with Crippen LogP contribution in [0.3, 0.4) is 0 Å². The maximum Gasteiger partial charge on any atom is 0.326 e. The Bertz CT molecular complexity index is 701. The van der Waals surface area contributed by atoms with Gasteiger partial charge in [0.2, 0.25) is 11.8 Å². The van der Waals surface area contributed by atoms with Crippen LogP contribution in [-0.4, -0.2) is 46.4 Å². The number of aliphatic carboxylic acids is 1. The van der Waals surface area contributed by atoms with Crippen LogP contribution in [0.15, 0.2) is 24.3 Å². The smallest absolute Gasteiger partial charge is 0.326 e. The Morgan fingerprint density at radius 2 is 1.85 bits per heavy atom. The zero-order valence-electron chi connectivity index (χ0n) is 15.8. The number of hydrogen-bond acceptors (Lipinski definition) is 3. The zero-order chi connectivity index (χ0) is 19.4. The van der Waals surface area contributed by atoms with Gasteiger partial charge in [0.15, 0.2) is 0 Å². The number of benzene rings is 1. The molecule has 2 N–H and O–H groups in total. The summed E-state index contributed by atoms with van der Waals surface area (Å²) in [6.07, 6.45) is 5.44. The third-order valence-electron chi connectivity index (χ3n) is 5.86. The van der Waals surface area contributed by atoms with Crippen molar-refractivity contribution in [3.8, 4) is 0 Å². The molecule has 0 bridgehead atoms. The van der Waals surface area contributed by atoms with E-state index >= 15 is 0 Å². The maximum absolute atomic E-state index is 12.7. The Morgan fingerprint density at radius 1 is 1.15 bits per heavy atom. The monoisotopic (exact) mass is 372 g/mol. The lowest BCUT2D eigenvalue weighted by molar-refractivity contribution is -0.149. The SMILES string of the molecule is Cc1ccc(CCC(=O)NCC(=O)N2C(C(=O)O)CC3CCCCC32)cc1. The lowest BCUT2D eigenvalue weighted by atomic mass is 9.85. The van der Waals surface area contributed by atoms with Crippen LogP contribution in [0.4, 0.5) is 0 Å². The number of amides is 2. The number of hydrogen-bond donors (Lipinski definition) is 2. The van der Waals surface area contributed by atoms with Gasteiger partial charge in [-0.15, -0.1) is 0 Å². The second-order valence-corrected chi connectivity index (χ2v) is 7.76. The average molecular weight is 372 g/mol. The standard InChI is InChI=1S/C21H28N2O4/c1-14-6-8-15(9-7-14)10-11-19(24)22-13-20(25)23-17-5-3-2-4-16(17)12-18(23)21(26)27/h6-9,16-18H,2-5,10-13H2,1H3,(H,22,24)(H,26,27). The second kappa shape index (κ2) is 8.55. The van der Waals surface area contributed by atoms with Gasteiger partial charge in [-0.3, -0.25) is 9.59 Å². The van der Waals surface area contributed by atoms with Crippen molar-refractivity contribution in [1.29, 1.82) is 0 Å². The Hall–Kier alpha value is -2.37. The van der Waals surface area contributed by atoms with Crippen LogP contribution < -0.4 is 5.32 Å². The van der Waals surface area contributed by atoms with Gasteiger partial charge in [0.05, 0.1) is 6.54 Å². The fourth-order valence-electron chi connectivity index (χ4n) is 4.41. The molecule has 1 aromatic carbocycles. The van der Waals surface area contributed by atoms with Gasteiger partial charge < -0.3 is 15.3 Å². The fourth-order valence-corrected chi connectivity index (χ4v) is 4.41. The van der Waals surface area contributed by atoms with Crippen LogP contribution >= 0.6 is 0 Å². The molecular formula is C21H28N2O4. The number of fused-ring (bicyclic) bond motifs is 1. The van der Waals surface area contributed by atoms with Crippen molar-refractivity contribution in [3.63, 3.8) is 0 Å². The molecule has 2 amide bonds. The van der Waals surface area contributed by atoms with Crippen molar-refractivity contribution in [2.75, 3.05) is 6.54 Å². The van der Waals surface area contributed by atoms with E-state index in [9.17, 15) is 19.5 Å². The van der Waals surface area contributed by atoms with E-state index in [-0.39, 0.29) is 30.3 Å². The van der Waals surface area contributed by atoms with E-state index in [1.165, 1.54) is 10.5 Å². The summed E-state index contributed by atoms with van der Waals surface area (Å²) in [5.41, 5.74) is 2.26. The summed E-state index contributed by atoms with van der Waals surface area (Å²) in [6, 6.07) is 7.28. The molecule has 146 valence electrons. The number of carbonyl (C=O) groups is 3. The summed E-state index contributed by atoms with van der Waals surface area (Å²) < 4.78 is 0. The lowest BCUT2D eigenvalue weighted by Crippen LogP contribution is -2.50. The number of nitrogens with zero attached hydrogens (tertiary/aromatic N) is 1. The summed E-state index contributed by atoms with van der Waals surface area (Å²) in [5, 5.41) is 12.2. The first-order valence-electron chi connectivity index (χ1n) is 9.82. The Labute approximate surface area is 159 Å². The Balaban J connectivity index is 1.51. The zero-order valence-corrected chi connectivity index (χ0v) is 15.8. The Morgan fingerprint density at radius 3 is 2.56 bits per heavy atom. The van der Waals surface area contributed by atoms with Gasteiger partial charge in [-0.2, -0.15) is 0 Å². The number of rotatable bonds is 6. The average Bonchev–Trinajstić information content (AvgIpc) is 3.05. The molecule has 3 atom stereocenters. The van der Waals surface area contributed by atoms with E-state index in [2.05, 4.69) is 5.32 Å².